The van der Waals surface area contributed by atoms with Crippen molar-refractivity contribution in [1.82, 2.24) is 9.97 Å². The molecule has 1 fully saturated rings. The Labute approximate surface area is 107 Å². The summed E-state index contributed by atoms with van der Waals surface area (Å²) in [7, 11) is 1.59. The first-order chi connectivity index (χ1) is 8.33. The van der Waals surface area contributed by atoms with Gasteiger partial charge in [-0.15, -0.1) is 11.6 Å². The number of hydrogen-bond donors (Lipinski definition) is 1. The van der Waals surface area contributed by atoms with E-state index in [4.69, 9.17) is 16.3 Å². The van der Waals surface area contributed by atoms with Gasteiger partial charge in [-0.25, -0.2) is 0 Å². The number of nitrogens with zero attached hydrogens (tertiary/aromatic N) is 2. The number of methoxy groups -OCH3 is 1. The topological polar surface area (TPSA) is 47.0 Å². The van der Waals surface area contributed by atoms with Crippen LogP contribution in [-0.4, -0.2) is 29.0 Å². The summed E-state index contributed by atoms with van der Waals surface area (Å²) in [6, 6.07) is 0.405. The molecule has 0 bridgehead atoms. The second kappa shape index (κ2) is 6.05. The number of alkyl halides is 1. The first kappa shape index (κ1) is 12.4. The molecule has 1 aliphatic rings. The van der Waals surface area contributed by atoms with Crippen molar-refractivity contribution in [2.24, 2.45) is 5.92 Å². The summed E-state index contributed by atoms with van der Waals surface area (Å²) in [5.74, 6) is 2.53. The van der Waals surface area contributed by atoms with Crippen LogP contribution >= 0.6 is 11.6 Å². The van der Waals surface area contributed by atoms with E-state index in [1.165, 1.54) is 19.3 Å². The first-order valence-electron chi connectivity index (χ1n) is 6.02. The lowest BCUT2D eigenvalue weighted by molar-refractivity contribution is 0.351. The number of aromatic nitrogens is 2. The number of anilines is 1. The smallest absolute Gasteiger partial charge is 0.233 e. The normalized spacial score (nSPS) is 24.4. The number of rotatable bonds is 4. The Morgan fingerprint density at radius 2 is 2.24 bits per heavy atom. The third kappa shape index (κ3) is 3.22. The van der Waals surface area contributed by atoms with Gasteiger partial charge in [0.15, 0.2) is 0 Å². The predicted molar refractivity (Wildman–Crippen MR) is 68.7 cm³/mol. The molecule has 0 saturated heterocycles. The van der Waals surface area contributed by atoms with E-state index < -0.39 is 0 Å². The van der Waals surface area contributed by atoms with Gasteiger partial charge in [0.05, 0.1) is 19.5 Å². The lowest BCUT2D eigenvalue weighted by atomic mass is 9.86. The highest BCUT2D eigenvalue weighted by Gasteiger charge is 2.24. The summed E-state index contributed by atoms with van der Waals surface area (Å²) in [6.07, 6.45) is 8.20. The minimum absolute atomic E-state index is 0.405. The molecule has 5 heteroatoms. The van der Waals surface area contributed by atoms with Gasteiger partial charge in [0.25, 0.3) is 0 Å². The molecule has 4 nitrogen and oxygen atoms in total. The minimum atomic E-state index is 0.405. The molecule has 1 aromatic heterocycles. The van der Waals surface area contributed by atoms with Gasteiger partial charge < -0.3 is 10.1 Å². The fourth-order valence-electron chi connectivity index (χ4n) is 2.29. The lowest BCUT2D eigenvalue weighted by Crippen LogP contribution is -2.33. The maximum atomic E-state index is 6.00. The molecule has 1 heterocycles. The van der Waals surface area contributed by atoms with Gasteiger partial charge in [0.1, 0.15) is 5.82 Å². The van der Waals surface area contributed by atoms with Crippen LogP contribution in [0.3, 0.4) is 0 Å². The van der Waals surface area contributed by atoms with Gasteiger partial charge in [-0.2, -0.15) is 4.98 Å². The van der Waals surface area contributed by atoms with Crippen LogP contribution in [0.5, 0.6) is 5.88 Å². The van der Waals surface area contributed by atoms with Gasteiger partial charge >= 0.3 is 0 Å². The Hall–Kier alpha value is -1.03. The van der Waals surface area contributed by atoms with E-state index in [2.05, 4.69) is 15.3 Å². The zero-order chi connectivity index (χ0) is 12.1. The molecule has 1 saturated carbocycles. The van der Waals surface area contributed by atoms with Crippen LogP contribution in [0.1, 0.15) is 25.7 Å². The van der Waals surface area contributed by atoms with Gasteiger partial charge in [0, 0.05) is 11.9 Å². The average molecular weight is 256 g/mol. The minimum Gasteiger partial charge on any atom is -0.480 e. The van der Waals surface area contributed by atoms with E-state index in [1.54, 1.807) is 19.5 Å². The van der Waals surface area contributed by atoms with Crippen molar-refractivity contribution in [1.29, 1.82) is 0 Å². The molecule has 0 spiro atoms. The molecule has 2 rings (SSSR count). The van der Waals surface area contributed by atoms with Crippen molar-refractivity contribution < 1.29 is 4.74 Å². The van der Waals surface area contributed by atoms with E-state index >= 15 is 0 Å². The summed E-state index contributed by atoms with van der Waals surface area (Å²) < 4.78 is 5.06. The van der Waals surface area contributed by atoms with Gasteiger partial charge in [-0.3, -0.25) is 4.98 Å². The van der Waals surface area contributed by atoms with Crippen LogP contribution in [0.15, 0.2) is 12.4 Å². The fourth-order valence-corrected chi connectivity index (χ4v) is 2.66. The van der Waals surface area contributed by atoms with Crippen LogP contribution < -0.4 is 10.1 Å². The van der Waals surface area contributed by atoms with Crippen LogP contribution in [0.2, 0.25) is 0 Å². The molecule has 2 unspecified atom stereocenters. The standard InChI is InChI=1S/C12H18ClN3O/c1-17-12-8-14-7-11(16-12)15-10-5-3-2-4-9(10)6-13/h7-10H,2-6H2,1H3,(H,15,16). The van der Waals surface area contributed by atoms with Crippen molar-refractivity contribution >= 4 is 17.4 Å². The fraction of sp³-hybridized carbons (Fsp3) is 0.667. The second-order valence-electron chi connectivity index (χ2n) is 4.40. The first-order valence-corrected chi connectivity index (χ1v) is 6.55. The summed E-state index contributed by atoms with van der Waals surface area (Å²) in [4.78, 5) is 8.40. The molecule has 0 radical (unpaired) electrons. The monoisotopic (exact) mass is 255 g/mol. The van der Waals surface area contributed by atoms with Crippen LogP contribution in [0, 0.1) is 5.92 Å². The molecular weight excluding hydrogens is 238 g/mol. The Morgan fingerprint density at radius 1 is 1.41 bits per heavy atom. The molecule has 1 aliphatic carbocycles. The third-order valence-electron chi connectivity index (χ3n) is 3.26. The zero-order valence-corrected chi connectivity index (χ0v) is 10.8. The van der Waals surface area contributed by atoms with Gasteiger partial charge in [0.2, 0.25) is 5.88 Å². The van der Waals surface area contributed by atoms with Crippen molar-refractivity contribution in [2.45, 2.75) is 31.7 Å². The van der Waals surface area contributed by atoms with E-state index in [1.807, 2.05) is 0 Å². The highest BCUT2D eigenvalue weighted by atomic mass is 35.5. The van der Waals surface area contributed by atoms with E-state index in [9.17, 15) is 0 Å². The molecule has 1 aromatic rings. The summed E-state index contributed by atoms with van der Waals surface area (Å²) in [5, 5.41) is 3.42. The number of halogens is 1. The number of ether oxygens (including phenoxy) is 1. The Bertz CT molecular complexity index is 361. The Morgan fingerprint density at radius 3 is 3.00 bits per heavy atom. The maximum Gasteiger partial charge on any atom is 0.233 e. The molecule has 0 aromatic carbocycles. The molecule has 94 valence electrons. The van der Waals surface area contributed by atoms with Gasteiger partial charge in [-0.05, 0) is 18.8 Å². The summed E-state index contributed by atoms with van der Waals surface area (Å²) >= 11 is 6.00. The maximum absolute atomic E-state index is 6.00. The zero-order valence-electron chi connectivity index (χ0n) is 10.0. The Kier molecular flexibility index (Phi) is 4.42. The molecule has 2 atom stereocenters. The van der Waals surface area contributed by atoms with Crippen molar-refractivity contribution in [3.8, 4) is 5.88 Å². The SMILES string of the molecule is COc1cncc(NC2CCCCC2CCl)n1. The second-order valence-corrected chi connectivity index (χ2v) is 4.70. The largest absolute Gasteiger partial charge is 0.480 e. The van der Waals surface area contributed by atoms with Crippen molar-refractivity contribution in [2.75, 3.05) is 18.3 Å². The molecule has 0 aliphatic heterocycles. The quantitative estimate of drug-likeness (QED) is 0.841. The predicted octanol–water partition coefficient (Wildman–Crippen LogP) is 2.69. The number of hydrogen-bond acceptors (Lipinski definition) is 4. The molecule has 17 heavy (non-hydrogen) atoms. The van der Waals surface area contributed by atoms with Crippen LogP contribution in [0.25, 0.3) is 0 Å². The third-order valence-corrected chi connectivity index (χ3v) is 3.66. The Balaban J connectivity index is 2.02. The number of nitrogens with one attached hydrogen (secondary N) is 1. The van der Waals surface area contributed by atoms with E-state index in [0.29, 0.717) is 23.7 Å². The van der Waals surface area contributed by atoms with Crippen molar-refractivity contribution in [3.05, 3.63) is 12.4 Å². The average Bonchev–Trinajstić information content (AvgIpc) is 2.39. The van der Waals surface area contributed by atoms with Crippen LogP contribution in [-0.2, 0) is 0 Å². The lowest BCUT2D eigenvalue weighted by Gasteiger charge is -2.31. The highest BCUT2D eigenvalue weighted by molar-refractivity contribution is 6.18. The van der Waals surface area contributed by atoms with E-state index in [-0.39, 0.29) is 0 Å². The van der Waals surface area contributed by atoms with Crippen LogP contribution in [0.4, 0.5) is 5.82 Å². The van der Waals surface area contributed by atoms with E-state index in [0.717, 1.165) is 12.2 Å². The summed E-state index contributed by atoms with van der Waals surface area (Å²) in [6.45, 7) is 0. The molecule has 1 N–H and O–H groups in total. The van der Waals surface area contributed by atoms with Crippen molar-refractivity contribution in [3.63, 3.8) is 0 Å². The highest BCUT2D eigenvalue weighted by Crippen LogP contribution is 2.27. The van der Waals surface area contributed by atoms with Gasteiger partial charge in [-0.1, -0.05) is 12.8 Å². The summed E-state index contributed by atoms with van der Waals surface area (Å²) in [5.41, 5.74) is 0. The molecule has 0 amide bonds. The molecular formula is C12H18ClN3O.